The van der Waals surface area contributed by atoms with Crippen molar-refractivity contribution in [1.29, 1.82) is 0 Å². The first-order valence-corrected chi connectivity index (χ1v) is 11.0. The van der Waals surface area contributed by atoms with E-state index in [1.165, 1.54) is 28.2 Å². The van der Waals surface area contributed by atoms with E-state index in [2.05, 4.69) is 45.0 Å². The van der Waals surface area contributed by atoms with Gasteiger partial charge in [-0.05, 0) is 24.6 Å². The van der Waals surface area contributed by atoms with E-state index in [0.29, 0.717) is 12.5 Å². The van der Waals surface area contributed by atoms with Crippen molar-refractivity contribution in [2.75, 3.05) is 25.4 Å². The second-order valence-electron chi connectivity index (χ2n) is 8.05. The van der Waals surface area contributed by atoms with E-state index in [1.54, 1.807) is 23.9 Å². The highest BCUT2D eigenvalue weighted by atomic mass is 32.2. The third-order valence-electron chi connectivity index (χ3n) is 5.00. The van der Waals surface area contributed by atoms with Gasteiger partial charge in [-0.3, -0.25) is 4.79 Å². The van der Waals surface area contributed by atoms with Gasteiger partial charge in [0.25, 0.3) is 5.91 Å². The Kier molecular flexibility index (Phi) is 7.13. The van der Waals surface area contributed by atoms with Crippen LogP contribution in [-0.2, 0) is 11.3 Å². The van der Waals surface area contributed by atoms with Gasteiger partial charge in [0.15, 0.2) is 6.54 Å². The Labute approximate surface area is 171 Å². The van der Waals surface area contributed by atoms with Crippen molar-refractivity contribution in [2.45, 2.75) is 32.7 Å². The fourth-order valence-electron chi connectivity index (χ4n) is 3.84. The van der Waals surface area contributed by atoms with E-state index in [1.807, 2.05) is 4.90 Å². The van der Waals surface area contributed by atoms with Gasteiger partial charge in [0.1, 0.15) is 17.7 Å². The molecule has 2 aromatic carbocycles. The Balaban J connectivity index is 1.70. The first-order chi connectivity index (χ1) is 13.4. The van der Waals surface area contributed by atoms with Gasteiger partial charge in [-0.2, -0.15) is 0 Å². The molecule has 2 aromatic rings. The number of benzene rings is 2. The number of carbonyl (C=O) groups excluding carboxylic acids is 1. The SMILES string of the molecule is Cc1cccc(C[NH+](CC(=O)N2CCS[C@H]2c2ccc(F)cc2)CC(C)C)c1. The third-order valence-corrected chi connectivity index (χ3v) is 6.26. The lowest BCUT2D eigenvalue weighted by Gasteiger charge is -2.27. The summed E-state index contributed by atoms with van der Waals surface area (Å²) in [5.41, 5.74) is 3.52. The molecule has 1 aliphatic heterocycles. The van der Waals surface area contributed by atoms with E-state index in [-0.39, 0.29) is 17.1 Å². The van der Waals surface area contributed by atoms with Gasteiger partial charge in [0, 0.05) is 23.8 Å². The second-order valence-corrected chi connectivity index (χ2v) is 9.24. The molecular formula is C23H30FN2OS+. The molecule has 28 heavy (non-hydrogen) atoms. The number of thioether (sulfide) groups is 1. The van der Waals surface area contributed by atoms with Crippen LogP contribution in [0.25, 0.3) is 0 Å². The van der Waals surface area contributed by atoms with Gasteiger partial charge >= 0.3 is 0 Å². The van der Waals surface area contributed by atoms with E-state index in [4.69, 9.17) is 0 Å². The molecule has 1 N–H and O–H groups in total. The maximum atomic E-state index is 13.3. The molecular weight excluding hydrogens is 371 g/mol. The summed E-state index contributed by atoms with van der Waals surface area (Å²) >= 11 is 1.76. The average molecular weight is 402 g/mol. The van der Waals surface area contributed by atoms with E-state index in [0.717, 1.165) is 31.0 Å². The molecule has 0 aromatic heterocycles. The van der Waals surface area contributed by atoms with Crippen molar-refractivity contribution < 1.29 is 14.1 Å². The van der Waals surface area contributed by atoms with Gasteiger partial charge in [0.05, 0.1) is 6.54 Å². The molecule has 1 saturated heterocycles. The third kappa shape index (κ3) is 5.58. The van der Waals surface area contributed by atoms with Crippen LogP contribution < -0.4 is 4.90 Å². The molecule has 3 rings (SSSR count). The number of amides is 1. The number of hydrogen-bond acceptors (Lipinski definition) is 2. The van der Waals surface area contributed by atoms with Crippen LogP contribution in [0, 0.1) is 18.7 Å². The maximum Gasteiger partial charge on any atom is 0.278 e. The lowest BCUT2D eigenvalue weighted by Crippen LogP contribution is -3.12. The van der Waals surface area contributed by atoms with Crippen LogP contribution in [0.2, 0.25) is 0 Å². The summed E-state index contributed by atoms with van der Waals surface area (Å²) < 4.78 is 13.3. The second kappa shape index (κ2) is 9.57. The predicted octanol–water partition coefficient (Wildman–Crippen LogP) is 3.45. The first kappa shape index (κ1) is 20.9. The van der Waals surface area contributed by atoms with Crippen molar-refractivity contribution in [3.63, 3.8) is 0 Å². The number of rotatable bonds is 7. The zero-order chi connectivity index (χ0) is 20.1. The minimum Gasteiger partial charge on any atom is -0.323 e. The van der Waals surface area contributed by atoms with Crippen molar-refractivity contribution in [3.8, 4) is 0 Å². The van der Waals surface area contributed by atoms with Crippen LogP contribution in [0.3, 0.4) is 0 Å². The summed E-state index contributed by atoms with van der Waals surface area (Å²) in [7, 11) is 0. The van der Waals surface area contributed by atoms with E-state index in [9.17, 15) is 9.18 Å². The smallest absolute Gasteiger partial charge is 0.278 e. The highest BCUT2D eigenvalue weighted by molar-refractivity contribution is 7.99. The normalized spacial score (nSPS) is 17.9. The molecule has 0 bridgehead atoms. The summed E-state index contributed by atoms with van der Waals surface area (Å²) in [5, 5.41) is -0.00707. The molecule has 2 atom stereocenters. The number of halogens is 1. The van der Waals surface area contributed by atoms with Crippen LogP contribution in [0.15, 0.2) is 48.5 Å². The first-order valence-electron chi connectivity index (χ1n) is 9.98. The highest BCUT2D eigenvalue weighted by Gasteiger charge is 2.32. The quantitative estimate of drug-likeness (QED) is 0.769. The summed E-state index contributed by atoms with van der Waals surface area (Å²) in [5.74, 6) is 1.39. The summed E-state index contributed by atoms with van der Waals surface area (Å²) in [6, 6.07) is 15.1. The van der Waals surface area contributed by atoms with Crippen LogP contribution in [-0.4, -0.2) is 36.2 Å². The minimum atomic E-state index is -0.240. The number of aryl methyl sites for hydroxylation is 1. The fourth-order valence-corrected chi connectivity index (χ4v) is 5.12. The van der Waals surface area contributed by atoms with Gasteiger partial charge in [-0.1, -0.05) is 55.8 Å². The van der Waals surface area contributed by atoms with Gasteiger partial charge in [0.2, 0.25) is 0 Å². The van der Waals surface area contributed by atoms with Gasteiger partial charge in [-0.15, -0.1) is 11.8 Å². The highest BCUT2D eigenvalue weighted by Crippen LogP contribution is 2.37. The van der Waals surface area contributed by atoms with Crippen LogP contribution >= 0.6 is 11.8 Å². The lowest BCUT2D eigenvalue weighted by molar-refractivity contribution is -0.909. The molecule has 1 unspecified atom stereocenters. The fraction of sp³-hybridized carbons (Fsp3) is 0.435. The maximum absolute atomic E-state index is 13.3. The molecule has 0 aliphatic carbocycles. The molecule has 1 amide bonds. The molecule has 1 aliphatic rings. The predicted molar refractivity (Wildman–Crippen MR) is 114 cm³/mol. The van der Waals surface area contributed by atoms with Crippen molar-refractivity contribution in [3.05, 3.63) is 71.0 Å². The Morgan fingerprint density at radius 1 is 1.25 bits per heavy atom. The van der Waals surface area contributed by atoms with Crippen molar-refractivity contribution >= 4 is 17.7 Å². The van der Waals surface area contributed by atoms with E-state index >= 15 is 0 Å². The monoisotopic (exact) mass is 401 g/mol. The largest absolute Gasteiger partial charge is 0.323 e. The molecule has 1 heterocycles. The summed E-state index contributed by atoms with van der Waals surface area (Å²) in [6.07, 6.45) is 0. The molecule has 0 saturated carbocycles. The Bertz CT molecular complexity index is 793. The number of carbonyl (C=O) groups is 1. The van der Waals surface area contributed by atoms with Crippen molar-refractivity contribution in [1.82, 2.24) is 4.90 Å². The van der Waals surface area contributed by atoms with Crippen LogP contribution in [0.1, 0.15) is 35.9 Å². The minimum absolute atomic E-state index is 0.00707. The Morgan fingerprint density at radius 2 is 2.00 bits per heavy atom. The zero-order valence-corrected chi connectivity index (χ0v) is 17.8. The average Bonchev–Trinajstić information content (AvgIpc) is 3.11. The van der Waals surface area contributed by atoms with Crippen LogP contribution in [0.4, 0.5) is 4.39 Å². The Morgan fingerprint density at radius 3 is 2.68 bits per heavy atom. The molecule has 1 fully saturated rings. The molecule has 0 radical (unpaired) electrons. The molecule has 0 spiro atoms. The zero-order valence-electron chi connectivity index (χ0n) is 17.0. The number of nitrogens with one attached hydrogen (secondary N) is 1. The standard InChI is InChI=1S/C23H29FN2OS/c1-17(2)14-25(15-19-6-4-5-18(3)13-19)16-22(27)26-11-12-28-23(26)20-7-9-21(24)10-8-20/h4-10,13,17,23H,11-12,14-16H2,1-3H3/p+1/t23-/m0/s1. The summed E-state index contributed by atoms with van der Waals surface area (Å²) in [6.45, 7) is 9.57. The molecule has 150 valence electrons. The van der Waals surface area contributed by atoms with E-state index < -0.39 is 0 Å². The Hall–Kier alpha value is -1.85. The van der Waals surface area contributed by atoms with Crippen molar-refractivity contribution in [2.24, 2.45) is 5.92 Å². The summed E-state index contributed by atoms with van der Waals surface area (Å²) in [4.78, 5) is 16.4. The van der Waals surface area contributed by atoms with Crippen LogP contribution in [0.5, 0.6) is 0 Å². The lowest BCUT2D eigenvalue weighted by atomic mass is 10.1. The topological polar surface area (TPSA) is 24.8 Å². The molecule has 3 nitrogen and oxygen atoms in total. The number of hydrogen-bond donors (Lipinski definition) is 1. The number of nitrogens with zero attached hydrogens (tertiary/aromatic N) is 1. The van der Waals surface area contributed by atoms with Gasteiger partial charge < -0.3 is 9.80 Å². The molecule has 5 heteroatoms. The van der Waals surface area contributed by atoms with Gasteiger partial charge in [-0.25, -0.2) is 4.39 Å². The number of quaternary nitrogens is 1.